The van der Waals surface area contributed by atoms with Gasteiger partial charge in [0.2, 0.25) is 0 Å². The average molecular weight is 304 g/mol. The topological polar surface area (TPSA) is 99.4 Å². The second-order valence-corrected chi connectivity index (χ2v) is 5.40. The molecule has 0 saturated heterocycles. The van der Waals surface area contributed by atoms with Crippen molar-refractivity contribution < 1.29 is 19.4 Å². The Labute approximate surface area is 129 Å². The van der Waals surface area contributed by atoms with Gasteiger partial charge in [0.15, 0.2) is 6.10 Å². The number of hydrogen-bond donors (Lipinski definition) is 2. The zero-order valence-electron chi connectivity index (χ0n) is 12.9. The van der Waals surface area contributed by atoms with Crippen molar-refractivity contribution >= 4 is 11.9 Å². The van der Waals surface area contributed by atoms with Gasteiger partial charge in [-0.05, 0) is 31.4 Å². The molecular weight excluding hydrogens is 284 g/mol. The lowest BCUT2D eigenvalue weighted by Gasteiger charge is -2.20. The highest BCUT2D eigenvalue weighted by molar-refractivity contribution is 5.86. The van der Waals surface area contributed by atoms with Crippen LogP contribution in [0.4, 0.5) is 0 Å². The summed E-state index contributed by atoms with van der Waals surface area (Å²) in [7, 11) is 0. The van der Waals surface area contributed by atoms with Crippen LogP contribution in [0.2, 0.25) is 0 Å². The number of carbonyl (C=O) groups is 2. The zero-order chi connectivity index (χ0) is 16.7. The molecule has 0 aliphatic carbocycles. The number of nitrogens with one attached hydrogen (secondary N) is 1. The van der Waals surface area contributed by atoms with Gasteiger partial charge in [-0.3, -0.25) is 4.79 Å². The lowest BCUT2D eigenvalue weighted by Crippen LogP contribution is -2.46. The van der Waals surface area contributed by atoms with Crippen LogP contribution in [0.3, 0.4) is 0 Å². The van der Waals surface area contributed by atoms with Crippen molar-refractivity contribution in [2.75, 3.05) is 0 Å². The molecule has 6 heteroatoms. The van der Waals surface area contributed by atoms with Crippen LogP contribution < -0.4 is 10.1 Å². The Balaban J connectivity index is 2.72. The van der Waals surface area contributed by atoms with Crippen LogP contribution in [0, 0.1) is 17.2 Å². The second-order valence-electron chi connectivity index (χ2n) is 5.40. The molecule has 6 nitrogen and oxygen atoms in total. The number of para-hydroxylation sites is 1. The quantitative estimate of drug-likeness (QED) is 0.802. The number of amides is 1. The van der Waals surface area contributed by atoms with Crippen LogP contribution in [0.15, 0.2) is 24.3 Å². The van der Waals surface area contributed by atoms with E-state index in [0.29, 0.717) is 17.7 Å². The number of aliphatic carboxylic acids is 1. The van der Waals surface area contributed by atoms with Crippen LogP contribution in [-0.4, -0.2) is 29.1 Å². The molecule has 118 valence electrons. The summed E-state index contributed by atoms with van der Waals surface area (Å²) in [4.78, 5) is 23.2. The highest BCUT2D eigenvalue weighted by atomic mass is 16.5. The first-order valence-corrected chi connectivity index (χ1v) is 7.04. The van der Waals surface area contributed by atoms with Gasteiger partial charge in [0.05, 0.1) is 5.56 Å². The Hall–Kier alpha value is -2.55. The number of carbonyl (C=O) groups excluding carboxylic acids is 1. The Kier molecular flexibility index (Phi) is 6.39. The van der Waals surface area contributed by atoms with Crippen LogP contribution in [0.25, 0.3) is 0 Å². The summed E-state index contributed by atoms with van der Waals surface area (Å²) in [6, 6.07) is 7.58. The number of carboxylic acid groups (broad SMARTS) is 1. The summed E-state index contributed by atoms with van der Waals surface area (Å²) in [6.07, 6.45) is -0.564. The fourth-order valence-corrected chi connectivity index (χ4v) is 1.89. The molecule has 0 radical (unpaired) electrons. The molecule has 0 heterocycles. The lowest BCUT2D eigenvalue weighted by molar-refractivity contribution is -0.143. The number of carboxylic acids is 1. The van der Waals surface area contributed by atoms with Gasteiger partial charge >= 0.3 is 5.97 Å². The molecule has 1 aromatic rings. The zero-order valence-corrected chi connectivity index (χ0v) is 12.9. The maximum Gasteiger partial charge on any atom is 0.326 e. The monoisotopic (exact) mass is 304 g/mol. The molecule has 0 aliphatic rings. The first-order valence-electron chi connectivity index (χ1n) is 7.04. The van der Waals surface area contributed by atoms with Crippen molar-refractivity contribution in [1.82, 2.24) is 5.32 Å². The molecule has 2 atom stereocenters. The number of benzene rings is 1. The van der Waals surface area contributed by atoms with Gasteiger partial charge in [-0.15, -0.1) is 0 Å². The number of rotatable bonds is 7. The van der Waals surface area contributed by atoms with Crippen LogP contribution >= 0.6 is 0 Å². The van der Waals surface area contributed by atoms with Crippen LogP contribution in [0.5, 0.6) is 5.75 Å². The molecule has 22 heavy (non-hydrogen) atoms. The first kappa shape index (κ1) is 17.5. The number of nitriles is 1. The average Bonchev–Trinajstić information content (AvgIpc) is 2.46. The van der Waals surface area contributed by atoms with Gasteiger partial charge in [0, 0.05) is 0 Å². The summed E-state index contributed by atoms with van der Waals surface area (Å²) in [5.74, 6) is -1.17. The number of nitrogens with zero attached hydrogens (tertiary/aromatic N) is 1. The third-order valence-electron chi connectivity index (χ3n) is 3.00. The van der Waals surface area contributed by atoms with E-state index in [1.54, 1.807) is 24.3 Å². The lowest BCUT2D eigenvalue weighted by atomic mass is 10.0. The van der Waals surface area contributed by atoms with Crippen molar-refractivity contribution in [2.24, 2.45) is 5.92 Å². The molecule has 2 N–H and O–H groups in total. The second kappa shape index (κ2) is 8.03. The Bertz CT molecular complexity index is 578. The van der Waals surface area contributed by atoms with Crippen molar-refractivity contribution in [3.05, 3.63) is 29.8 Å². The van der Waals surface area contributed by atoms with Gasteiger partial charge in [-0.1, -0.05) is 26.0 Å². The highest BCUT2D eigenvalue weighted by Gasteiger charge is 2.25. The summed E-state index contributed by atoms with van der Waals surface area (Å²) in [5, 5.41) is 20.6. The van der Waals surface area contributed by atoms with Crippen LogP contribution in [0.1, 0.15) is 32.8 Å². The minimum Gasteiger partial charge on any atom is -0.480 e. The fraction of sp³-hybridized carbons (Fsp3) is 0.438. The Morgan fingerprint density at radius 2 is 1.95 bits per heavy atom. The van der Waals surface area contributed by atoms with Crippen molar-refractivity contribution in [2.45, 2.75) is 39.3 Å². The molecule has 0 fully saturated rings. The first-order chi connectivity index (χ1) is 10.3. The molecule has 0 bridgehead atoms. The summed E-state index contributed by atoms with van der Waals surface area (Å²) < 4.78 is 5.46. The van der Waals surface area contributed by atoms with Gasteiger partial charge in [0.25, 0.3) is 5.91 Å². The molecule has 1 aromatic carbocycles. The maximum absolute atomic E-state index is 12.1. The molecule has 0 aromatic heterocycles. The van der Waals surface area contributed by atoms with E-state index in [0.717, 1.165) is 0 Å². The predicted octanol–water partition coefficient (Wildman–Crippen LogP) is 1.94. The van der Waals surface area contributed by atoms with Crippen molar-refractivity contribution in [3.63, 3.8) is 0 Å². The van der Waals surface area contributed by atoms with E-state index in [2.05, 4.69) is 5.32 Å². The van der Waals surface area contributed by atoms with Crippen molar-refractivity contribution in [3.8, 4) is 11.8 Å². The maximum atomic E-state index is 12.1. The standard InChI is InChI=1S/C16H20N2O4/c1-10(2)8-13(16(20)21)18-15(19)11(3)22-14-7-5-4-6-12(14)9-17/h4-7,10-11,13H,8H2,1-3H3,(H,18,19)(H,20,21)/t11?,13-/m0/s1. The minimum absolute atomic E-state index is 0.136. The third kappa shape index (κ3) is 5.09. The minimum atomic E-state index is -1.08. The highest BCUT2D eigenvalue weighted by Crippen LogP contribution is 2.18. The van der Waals surface area contributed by atoms with E-state index in [1.807, 2.05) is 19.9 Å². The van der Waals surface area contributed by atoms with E-state index in [-0.39, 0.29) is 5.92 Å². The molecule has 0 spiro atoms. The van der Waals surface area contributed by atoms with Gasteiger partial charge in [-0.2, -0.15) is 5.26 Å². The fourth-order valence-electron chi connectivity index (χ4n) is 1.89. The van der Waals surface area contributed by atoms with Gasteiger partial charge in [0.1, 0.15) is 17.9 Å². The molecule has 1 unspecified atom stereocenters. The van der Waals surface area contributed by atoms with E-state index in [9.17, 15) is 9.59 Å². The number of ether oxygens (including phenoxy) is 1. The van der Waals surface area contributed by atoms with E-state index in [4.69, 9.17) is 15.1 Å². The van der Waals surface area contributed by atoms with Crippen LogP contribution in [-0.2, 0) is 9.59 Å². The van der Waals surface area contributed by atoms with Crippen molar-refractivity contribution in [1.29, 1.82) is 5.26 Å². The smallest absolute Gasteiger partial charge is 0.326 e. The number of hydrogen-bond acceptors (Lipinski definition) is 4. The van der Waals surface area contributed by atoms with E-state index < -0.39 is 24.0 Å². The summed E-state index contributed by atoms with van der Waals surface area (Å²) in [5.41, 5.74) is 0.319. The largest absolute Gasteiger partial charge is 0.480 e. The third-order valence-corrected chi connectivity index (χ3v) is 3.00. The van der Waals surface area contributed by atoms with Gasteiger partial charge in [-0.25, -0.2) is 4.79 Å². The predicted molar refractivity (Wildman–Crippen MR) is 80.3 cm³/mol. The SMILES string of the molecule is CC(C)C[C@H](NC(=O)C(C)Oc1ccccc1C#N)C(=O)O. The Morgan fingerprint density at radius 1 is 1.32 bits per heavy atom. The van der Waals surface area contributed by atoms with E-state index in [1.165, 1.54) is 6.92 Å². The summed E-state index contributed by atoms with van der Waals surface area (Å²) >= 11 is 0. The van der Waals surface area contributed by atoms with E-state index >= 15 is 0 Å². The molecule has 0 aliphatic heterocycles. The molecule has 1 rings (SSSR count). The molecular formula is C16H20N2O4. The Morgan fingerprint density at radius 3 is 2.50 bits per heavy atom. The van der Waals surface area contributed by atoms with Gasteiger partial charge < -0.3 is 15.2 Å². The molecule has 0 saturated carbocycles. The summed E-state index contributed by atoms with van der Waals surface area (Å²) in [6.45, 7) is 5.27. The molecule has 1 amide bonds. The normalized spacial score (nSPS) is 13.0.